The van der Waals surface area contributed by atoms with E-state index < -0.39 is 35.3 Å². The molecule has 9 rings (SSSR count). The van der Waals surface area contributed by atoms with Crippen molar-refractivity contribution in [1.82, 2.24) is 30.6 Å². The first-order chi connectivity index (χ1) is 29.4. The zero-order valence-electron chi connectivity index (χ0n) is 33.8. The number of hydrogen-bond donors (Lipinski definition) is 3. The summed E-state index contributed by atoms with van der Waals surface area (Å²) >= 11 is 6.15. The van der Waals surface area contributed by atoms with E-state index >= 15 is 0 Å². The van der Waals surface area contributed by atoms with Crippen LogP contribution in [0, 0.1) is 16.7 Å². The number of anilines is 2. The number of carbonyl (C=O) groups excluding carboxylic acids is 5. The fraction of sp³-hybridized carbons (Fsp3) is 0.500. The van der Waals surface area contributed by atoms with E-state index in [0.29, 0.717) is 60.2 Å². The van der Waals surface area contributed by atoms with E-state index in [-0.39, 0.29) is 47.6 Å². The number of hydrogen-bond acceptors (Lipinski definition) is 13. The van der Waals surface area contributed by atoms with Crippen LogP contribution in [0.4, 0.5) is 11.5 Å². The molecule has 61 heavy (non-hydrogen) atoms. The van der Waals surface area contributed by atoms with E-state index in [2.05, 4.69) is 35.5 Å². The summed E-state index contributed by atoms with van der Waals surface area (Å²) in [4.78, 5) is 71.3. The smallest absolute Gasteiger partial charge is 0.272 e. The maximum Gasteiger partial charge on any atom is 0.272 e. The van der Waals surface area contributed by atoms with Gasteiger partial charge >= 0.3 is 0 Å². The van der Waals surface area contributed by atoms with E-state index in [1.165, 1.54) is 0 Å². The lowest BCUT2D eigenvalue weighted by Crippen LogP contribution is -2.61. The second-order valence-corrected chi connectivity index (χ2v) is 18.0. The summed E-state index contributed by atoms with van der Waals surface area (Å²) in [6.45, 7) is 5.32. The first-order valence-electron chi connectivity index (χ1n) is 21.2. The molecule has 318 valence electrons. The van der Waals surface area contributed by atoms with Gasteiger partial charge in [-0.15, -0.1) is 10.2 Å². The molecule has 2 aromatic carbocycles. The second-order valence-electron chi connectivity index (χ2n) is 17.6. The topological polar surface area (TPSA) is 201 Å². The predicted octanol–water partition coefficient (Wildman–Crippen LogP) is 3.46. The summed E-state index contributed by atoms with van der Waals surface area (Å²) in [5, 5.41) is 35.1. The van der Waals surface area contributed by atoms with E-state index in [1.54, 1.807) is 36.4 Å². The van der Waals surface area contributed by atoms with Crippen molar-refractivity contribution in [3.05, 3.63) is 75.9 Å². The van der Waals surface area contributed by atoms with Crippen LogP contribution in [-0.4, -0.2) is 124 Å². The molecule has 5 fully saturated rings. The number of benzene rings is 2. The van der Waals surface area contributed by atoms with Gasteiger partial charge in [-0.1, -0.05) is 11.6 Å². The number of aliphatic hydroxyl groups is 1. The molecule has 5 amide bonds. The molecule has 5 aliphatic heterocycles. The number of imide groups is 2. The van der Waals surface area contributed by atoms with Gasteiger partial charge in [-0.05, 0) is 113 Å². The van der Waals surface area contributed by atoms with Crippen LogP contribution in [0.5, 0.6) is 5.75 Å². The Hall–Kier alpha value is -5.63. The number of nitrogens with one attached hydrogen (secondary N) is 2. The van der Waals surface area contributed by atoms with Gasteiger partial charge in [0.15, 0.2) is 11.5 Å². The number of β-amino-alcohol motifs (C(OH)–C–C–N with tert-alkyl or cyclic N) is 1. The number of nitriles is 1. The maximum atomic E-state index is 13.3. The third kappa shape index (κ3) is 8.26. The van der Waals surface area contributed by atoms with E-state index in [9.17, 15) is 29.1 Å². The molecule has 1 spiro atoms. The summed E-state index contributed by atoms with van der Waals surface area (Å²) < 4.78 is 6.08. The lowest BCUT2D eigenvalue weighted by Gasteiger charge is -2.55. The van der Waals surface area contributed by atoms with Crippen molar-refractivity contribution in [2.24, 2.45) is 5.41 Å². The van der Waals surface area contributed by atoms with Gasteiger partial charge in [-0.2, -0.15) is 5.26 Å². The van der Waals surface area contributed by atoms with Crippen LogP contribution < -0.4 is 25.2 Å². The highest BCUT2D eigenvalue weighted by atomic mass is 35.5. The molecule has 16 nitrogen and oxygen atoms in total. The lowest BCUT2D eigenvalue weighted by atomic mass is 9.71. The van der Waals surface area contributed by atoms with Gasteiger partial charge in [0.25, 0.3) is 17.7 Å². The molecule has 1 saturated carbocycles. The number of likely N-dealkylation sites (tertiary alicyclic amines) is 1. The molecule has 0 radical (unpaired) electrons. The number of halogens is 1. The Morgan fingerprint density at radius 3 is 2.30 bits per heavy atom. The fourth-order valence-electron chi connectivity index (χ4n) is 9.88. The number of amides is 5. The van der Waals surface area contributed by atoms with Gasteiger partial charge in [-0.25, -0.2) is 0 Å². The number of ether oxygens (including phenoxy) is 1. The molecule has 17 heteroatoms. The Labute approximate surface area is 358 Å². The normalized spacial score (nSPS) is 24.8. The summed E-state index contributed by atoms with van der Waals surface area (Å²) in [6.07, 6.45) is 6.47. The predicted molar refractivity (Wildman–Crippen MR) is 222 cm³/mol. The molecule has 6 heterocycles. The number of aromatic nitrogens is 2. The number of carbonyl (C=O) groups is 5. The maximum absolute atomic E-state index is 13.3. The van der Waals surface area contributed by atoms with Gasteiger partial charge in [0.05, 0.1) is 33.4 Å². The van der Waals surface area contributed by atoms with Crippen LogP contribution in [0.15, 0.2) is 48.5 Å². The monoisotopic (exact) mass is 849 g/mol. The Balaban J connectivity index is 0.697. The third-order valence-corrected chi connectivity index (χ3v) is 13.9. The van der Waals surface area contributed by atoms with Crippen molar-refractivity contribution in [3.8, 4) is 11.8 Å². The standard InChI is InChI=1S/C44H48ClN9O7/c45-34-22-31(5-1-27(34)23-46)61-30-6-2-28(3-7-30)47-39(56)35-9-11-37(50-49-35)52-19-15-44(60,16-20-52)26-51-17-13-43(14-18-51)24-53(25-43)29-4-8-32-33(21-29)42(59)54(41(32)58)36-10-12-38(55)48-40(36)57/h1,4-5,8-9,11,21-22,28,30,36,60H,2-3,6-7,10,12-20,24-26H2,(H,47,56)(H,48,55,57)/t28-,30-,36?. The molecule has 1 aliphatic carbocycles. The van der Waals surface area contributed by atoms with Crippen LogP contribution >= 0.6 is 11.6 Å². The molecular weight excluding hydrogens is 802 g/mol. The van der Waals surface area contributed by atoms with Crippen molar-refractivity contribution in [1.29, 1.82) is 5.26 Å². The van der Waals surface area contributed by atoms with Crippen LogP contribution in [-0.2, 0) is 9.59 Å². The Kier molecular flexibility index (Phi) is 10.9. The lowest BCUT2D eigenvalue weighted by molar-refractivity contribution is -0.136. The zero-order chi connectivity index (χ0) is 42.5. The van der Waals surface area contributed by atoms with Gasteiger partial charge in [0.1, 0.15) is 17.9 Å². The van der Waals surface area contributed by atoms with Gasteiger partial charge < -0.3 is 29.9 Å². The molecular formula is C44H48ClN9O7. The highest BCUT2D eigenvalue weighted by Crippen LogP contribution is 2.44. The quantitative estimate of drug-likeness (QED) is 0.265. The fourth-order valence-corrected chi connectivity index (χ4v) is 10.1. The van der Waals surface area contributed by atoms with Crippen LogP contribution in [0.3, 0.4) is 0 Å². The van der Waals surface area contributed by atoms with Gasteiger partial charge in [0.2, 0.25) is 11.8 Å². The highest BCUT2D eigenvalue weighted by Gasteiger charge is 2.48. The van der Waals surface area contributed by atoms with Crippen molar-refractivity contribution >= 4 is 52.6 Å². The first kappa shape index (κ1) is 40.8. The minimum absolute atomic E-state index is 0.00418. The van der Waals surface area contributed by atoms with Crippen LogP contribution in [0.2, 0.25) is 5.02 Å². The molecule has 3 aromatic rings. The van der Waals surface area contributed by atoms with Crippen molar-refractivity contribution in [2.45, 2.75) is 88.0 Å². The molecule has 4 saturated heterocycles. The minimum atomic E-state index is -0.986. The van der Waals surface area contributed by atoms with E-state index in [4.69, 9.17) is 21.6 Å². The number of rotatable bonds is 9. The highest BCUT2D eigenvalue weighted by molar-refractivity contribution is 6.31. The number of nitrogens with zero attached hydrogens (tertiary/aromatic N) is 7. The molecule has 1 aromatic heterocycles. The van der Waals surface area contributed by atoms with Crippen molar-refractivity contribution < 1.29 is 33.8 Å². The average Bonchev–Trinajstić information content (AvgIpc) is 3.49. The summed E-state index contributed by atoms with van der Waals surface area (Å²) in [6, 6.07) is 14.9. The first-order valence-corrected chi connectivity index (χ1v) is 21.6. The van der Waals surface area contributed by atoms with Crippen LogP contribution in [0.1, 0.15) is 101 Å². The number of piperidine rings is 3. The summed E-state index contributed by atoms with van der Waals surface area (Å²) in [5.41, 5.74) is 1.46. The summed E-state index contributed by atoms with van der Waals surface area (Å²) in [5.74, 6) is -0.969. The van der Waals surface area contributed by atoms with E-state index in [1.807, 2.05) is 18.2 Å². The third-order valence-electron chi connectivity index (χ3n) is 13.6. The molecule has 6 aliphatic rings. The summed E-state index contributed by atoms with van der Waals surface area (Å²) in [7, 11) is 0. The van der Waals surface area contributed by atoms with Crippen LogP contribution in [0.25, 0.3) is 0 Å². The SMILES string of the molecule is N#Cc1ccc(O[C@H]2CC[C@H](NC(=O)c3ccc(N4CCC(O)(CN5CCC6(CC5)CN(c5ccc7c(c5)C(=O)N(C5CCC(=O)NC5=O)C7=O)C6)CC4)nn3)CC2)cc1Cl. The minimum Gasteiger partial charge on any atom is -0.490 e. The molecule has 0 bridgehead atoms. The molecule has 3 N–H and O–H groups in total. The molecule has 1 unspecified atom stereocenters. The van der Waals surface area contributed by atoms with Gasteiger partial charge in [-0.3, -0.25) is 34.2 Å². The largest absolute Gasteiger partial charge is 0.490 e. The molecule has 1 atom stereocenters. The Morgan fingerprint density at radius 1 is 0.885 bits per heavy atom. The van der Waals surface area contributed by atoms with Gasteiger partial charge in [0, 0.05) is 62.4 Å². The second kappa shape index (κ2) is 16.3. The number of fused-ring (bicyclic) bond motifs is 1. The van der Waals surface area contributed by atoms with Crippen molar-refractivity contribution in [2.75, 3.05) is 55.6 Å². The average molecular weight is 850 g/mol. The van der Waals surface area contributed by atoms with E-state index in [0.717, 1.165) is 75.3 Å². The van der Waals surface area contributed by atoms with Crippen molar-refractivity contribution in [3.63, 3.8) is 0 Å². The Morgan fingerprint density at radius 2 is 1.62 bits per heavy atom. The Bertz CT molecular complexity index is 2290. The zero-order valence-corrected chi connectivity index (χ0v) is 34.5.